The molecule has 30 heavy (non-hydrogen) atoms. The molecule has 1 aromatic heterocycles. The summed E-state index contributed by atoms with van der Waals surface area (Å²) < 4.78 is 10.1. The average molecular weight is 408 g/mol. The largest absolute Gasteiger partial charge is 0.504 e. The van der Waals surface area contributed by atoms with Crippen LogP contribution >= 0.6 is 0 Å². The van der Waals surface area contributed by atoms with Crippen molar-refractivity contribution in [1.82, 2.24) is 9.97 Å². The number of hydrazone groups is 2. The fraction of sp³-hybridized carbons (Fsp3) is 0.100. The molecule has 0 aliphatic heterocycles. The van der Waals surface area contributed by atoms with Gasteiger partial charge in [0.2, 0.25) is 0 Å². The van der Waals surface area contributed by atoms with E-state index in [-0.39, 0.29) is 11.5 Å². The van der Waals surface area contributed by atoms with E-state index in [2.05, 4.69) is 31.0 Å². The number of rotatable bonds is 8. The number of nitrogens with zero attached hydrogens (tertiary/aromatic N) is 4. The molecule has 0 unspecified atom stereocenters. The van der Waals surface area contributed by atoms with Crippen LogP contribution < -0.4 is 20.3 Å². The second kappa shape index (κ2) is 9.73. The Hall–Kier alpha value is -4.34. The topological polar surface area (TPSA) is 133 Å². The Bertz CT molecular complexity index is 990. The van der Waals surface area contributed by atoms with E-state index < -0.39 is 0 Å². The van der Waals surface area contributed by atoms with Crippen LogP contribution in [0.2, 0.25) is 0 Å². The Morgan fingerprint density at radius 1 is 0.800 bits per heavy atom. The van der Waals surface area contributed by atoms with E-state index in [0.29, 0.717) is 34.3 Å². The summed E-state index contributed by atoms with van der Waals surface area (Å²) >= 11 is 0. The van der Waals surface area contributed by atoms with Gasteiger partial charge in [-0.2, -0.15) is 10.2 Å². The lowest BCUT2D eigenvalue weighted by Crippen LogP contribution is -1.99. The van der Waals surface area contributed by atoms with Crippen LogP contribution in [0.3, 0.4) is 0 Å². The highest BCUT2D eigenvalue weighted by Gasteiger charge is 2.06. The lowest BCUT2D eigenvalue weighted by atomic mass is 10.2. The Kier molecular flexibility index (Phi) is 6.62. The van der Waals surface area contributed by atoms with Gasteiger partial charge in [0, 0.05) is 17.2 Å². The number of methoxy groups -OCH3 is 2. The Morgan fingerprint density at radius 2 is 1.27 bits per heavy atom. The van der Waals surface area contributed by atoms with E-state index in [9.17, 15) is 10.2 Å². The molecule has 0 radical (unpaired) electrons. The first kappa shape index (κ1) is 20.4. The molecule has 0 aliphatic rings. The zero-order valence-corrected chi connectivity index (χ0v) is 16.3. The summed E-state index contributed by atoms with van der Waals surface area (Å²) in [5.74, 6) is 1.51. The van der Waals surface area contributed by atoms with Crippen LogP contribution in [0, 0.1) is 0 Å². The zero-order chi connectivity index (χ0) is 21.3. The fourth-order valence-electron chi connectivity index (χ4n) is 2.43. The van der Waals surface area contributed by atoms with Gasteiger partial charge in [-0.3, -0.25) is 10.9 Å². The van der Waals surface area contributed by atoms with Gasteiger partial charge in [0.1, 0.15) is 6.33 Å². The number of phenols is 2. The van der Waals surface area contributed by atoms with Crippen molar-refractivity contribution in [1.29, 1.82) is 0 Å². The molecule has 10 heteroatoms. The third kappa shape index (κ3) is 4.93. The van der Waals surface area contributed by atoms with Crippen molar-refractivity contribution in [2.75, 3.05) is 25.1 Å². The van der Waals surface area contributed by atoms with E-state index in [4.69, 9.17) is 9.47 Å². The number of aromatic nitrogens is 2. The summed E-state index contributed by atoms with van der Waals surface area (Å²) in [7, 11) is 2.95. The molecule has 3 rings (SSSR count). The molecule has 3 aromatic rings. The van der Waals surface area contributed by atoms with Gasteiger partial charge in [-0.25, -0.2) is 9.97 Å². The maximum atomic E-state index is 10.1. The molecular weight excluding hydrogens is 388 g/mol. The van der Waals surface area contributed by atoms with Crippen LogP contribution in [-0.4, -0.2) is 46.8 Å². The average Bonchev–Trinajstić information content (AvgIpc) is 2.76. The van der Waals surface area contributed by atoms with Crippen LogP contribution in [0.4, 0.5) is 11.6 Å². The second-order valence-electron chi connectivity index (χ2n) is 5.82. The molecule has 0 aliphatic carbocycles. The van der Waals surface area contributed by atoms with Crippen molar-refractivity contribution < 1.29 is 19.7 Å². The first-order valence-corrected chi connectivity index (χ1v) is 8.74. The number of phenolic OH excluding ortho intramolecular Hbond substituents is 2. The minimum atomic E-state index is -0.00859. The molecule has 1 heterocycles. The van der Waals surface area contributed by atoms with Gasteiger partial charge in [0.15, 0.2) is 34.6 Å². The van der Waals surface area contributed by atoms with Crippen LogP contribution in [0.1, 0.15) is 11.1 Å². The van der Waals surface area contributed by atoms with Gasteiger partial charge in [0.25, 0.3) is 0 Å². The van der Waals surface area contributed by atoms with Crippen LogP contribution in [0.15, 0.2) is 59.0 Å². The van der Waals surface area contributed by atoms with Crippen LogP contribution in [-0.2, 0) is 0 Å². The maximum absolute atomic E-state index is 10.1. The maximum Gasteiger partial charge on any atom is 0.166 e. The summed E-state index contributed by atoms with van der Waals surface area (Å²) in [6.45, 7) is 0. The molecule has 10 nitrogen and oxygen atoms in total. The molecule has 0 saturated heterocycles. The predicted molar refractivity (Wildman–Crippen MR) is 114 cm³/mol. The Balaban J connectivity index is 1.64. The number of para-hydroxylation sites is 2. The first-order chi connectivity index (χ1) is 14.6. The molecule has 154 valence electrons. The SMILES string of the molecule is COc1cccc(C=NNc2cc(N/N=C/c3cccc(OC)c3O)ncn2)c1O. The molecule has 0 spiro atoms. The summed E-state index contributed by atoms with van der Waals surface area (Å²) in [6, 6.07) is 11.8. The quantitative estimate of drug-likeness (QED) is 0.330. The summed E-state index contributed by atoms with van der Waals surface area (Å²) in [4.78, 5) is 8.12. The van der Waals surface area contributed by atoms with E-state index in [1.165, 1.54) is 33.0 Å². The fourth-order valence-corrected chi connectivity index (χ4v) is 2.43. The van der Waals surface area contributed by atoms with Crippen molar-refractivity contribution in [3.63, 3.8) is 0 Å². The van der Waals surface area contributed by atoms with Gasteiger partial charge in [0.05, 0.1) is 26.6 Å². The summed E-state index contributed by atoms with van der Waals surface area (Å²) in [5, 5.41) is 28.2. The van der Waals surface area contributed by atoms with Crippen molar-refractivity contribution >= 4 is 24.1 Å². The smallest absolute Gasteiger partial charge is 0.166 e. The Labute approximate surface area is 172 Å². The molecule has 0 fully saturated rings. The second-order valence-corrected chi connectivity index (χ2v) is 5.82. The molecule has 0 saturated carbocycles. The summed E-state index contributed by atoms with van der Waals surface area (Å²) in [5.41, 5.74) is 6.46. The van der Waals surface area contributed by atoms with Gasteiger partial charge in [-0.05, 0) is 24.3 Å². The molecule has 0 atom stereocenters. The van der Waals surface area contributed by atoms with Gasteiger partial charge in [-0.15, -0.1) is 0 Å². The third-order valence-corrected chi connectivity index (χ3v) is 3.93. The lowest BCUT2D eigenvalue weighted by Gasteiger charge is -2.06. The number of nitrogens with one attached hydrogen (secondary N) is 2. The van der Waals surface area contributed by atoms with Crippen LogP contribution in [0.5, 0.6) is 23.0 Å². The highest BCUT2D eigenvalue weighted by molar-refractivity contribution is 5.86. The van der Waals surface area contributed by atoms with E-state index in [1.807, 2.05) is 0 Å². The zero-order valence-electron chi connectivity index (χ0n) is 16.3. The summed E-state index contributed by atoms with van der Waals surface area (Å²) in [6.07, 6.45) is 4.22. The van der Waals surface area contributed by atoms with E-state index in [1.54, 1.807) is 42.5 Å². The number of aromatic hydroxyl groups is 2. The van der Waals surface area contributed by atoms with Crippen molar-refractivity contribution in [2.24, 2.45) is 10.2 Å². The highest BCUT2D eigenvalue weighted by Crippen LogP contribution is 2.28. The third-order valence-electron chi connectivity index (χ3n) is 3.93. The molecule has 0 amide bonds. The minimum absolute atomic E-state index is 0.00859. The van der Waals surface area contributed by atoms with E-state index >= 15 is 0 Å². The molecule has 4 N–H and O–H groups in total. The standard InChI is InChI=1S/C20H20N6O4/c1-29-15-7-3-5-13(19(15)27)10-23-25-17-9-18(22-12-21-17)26-24-11-14-6-4-8-16(30-2)20(14)28/h3-12,27-28H,1-2H3,(H2,21,22,25,26)/b23-10+,24-11?. The molecule has 0 bridgehead atoms. The number of hydrogen-bond donors (Lipinski definition) is 4. The van der Waals surface area contributed by atoms with Crippen LogP contribution in [0.25, 0.3) is 0 Å². The Morgan fingerprint density at radius 3 is 1.70 bits per heavy atom. The van der Waals surface area contributed by atoms with Crippen molar-refractivity contribution in [3.05, 3.63) is 59.9 Å². The van der Waals surface area contributed by atoms with E-state index in [0.717, 1.165) is 0 Å². The highest BCUT2D eigenvalue weighted by atomic mass is 16.5. The van der Waals surface area contributed by atoms with Crippen molar-refractivity contribution in [2.45, 2.75) is 0 Å². The molecule has 2 aromatic carbocycles. The number of anilines is 2. The van der Waals surface area contributed by atoms with Gasteiger partial charge >= 0.3 is 0 Å². The van der Waals surface area contributed by atoms with Gasteiger partial charge in [-0.1, -0.05) is 12.1 Å². The number of hydrogen-bond acceptors (Lipinski definition) is 10. The number of ether oxygens (including phenoxy) is 2. The molecular formula is C20H20N6O4. The van der Waals surface area contributed by atoms with Crippen molar-refractivity contribution in [3.8, 4) is 23.0 Å². The van der Waals surface area contributed by atoms with Gasteiger partial charge < -0.3 is 19.7 Å². The predicted octanol–water partition coefficient (Wildman–Crippen LogP) is 2.80. The monoisotopic (exact) mass is 408 g/mol. The lowest BCUT2D eigenvalue weighted by molar-refractivity contribution is 0.373. The minimum Gasteiger partial charge on any atom is -0.504 e. The number of benzene rings is 2. The normalized spacial score (nSPS) is 11.0. The first-order valence-electron chi connectivity index (χ1n) is 8.74.